The summed E-state index contributed by atoms with van der Waals surface area (Å²) in [5.74, 6) is 1.12. The Kier molecular flexibility index (Phi) is 5.54. The number of hydrogen-bond acceptors (Lipinski definition) is 4. The fourth-order valence-corrected chi connectivity index (χ4v) is 3.59. The monoisotopic (exact) mass is 309 g/mol. The van der Waals surface area contributed by atoms with Gasteiger partial charge in [0, 0.05) is 30.6 Å². The van der Waals surface area contributed by atoms with Crippen molar-refractivity contribution in [1.82, 2.24) is 9.88 Å². The number of halogens is 1. The van der Waals surface area contributed by atoms with Crippen LogP contribution in [0, 0.1) is 5.92 Å². The maximum atomic E-state index is 5.96. The van der Waals surface area contributed by atoms with E-state index in [1.165, 1.54) is 10.6 Å². The molecule has 1 aliphatic rings. The number of hydrogen-bond donors (Lipinski definition) is 1. The summed E-state index contributed by atoms with van der Waals surface area (Å²) in [6, 6.07) is 10.8. The Morgan fingerprint density at radius 3 is 2.70 bits per heavy atom. The molecule has 3 rings (SSSR count). The van der Waals surface area contributed by atoms with Crippen LogP contribution in [0.15, 0.2) is 41.9 Å². The van der Waals surface area contributed by atoms with E-state index in [2.05, 4.69) is 40.2 Å². The highest BCUT2D eigenvalue weighted by atomic mass is 35.5. The average molecular weight is 310 g/mol. The maximum Gasteiger partial charge on any atom is 0.107 e. The molecular formula is C15H20ClN3S. The first-order chi connectivity index (χ1) is 9.36. The first-order valence-electron chi connectivity index (χ1n) is 6.72. The fraction of sp³-hybridized carbons (Fsp3) is 0.400. The van der Waals surface area contributed by atoms with E-state index in [1.54, 1.807) is 11.3 Å². The Balaban J connectivity index is 0.00000147. The molecule has 0 bridgehead atoms. The van der Waals surface area contributed by atoms with E-state index in [4.69, 9.17) is 5.73 Å². The summed E-state index contributed by atoms with van der Waals surface area (Å²) < 4.78 is 0. The van der Waals surface area contributed by atoms with Gasteiger partial charge < -0.3 is 5.73 Å². The highest BCUT2D eigenvalue weighted by molar-refractivity contribution is 7.09. The molecule has 5 heteroatoms. The van der Waals surface area contributed by atoms with Gasteiger partial charge in [-0.2, -0.15) is 0 Å². The molecule has 2 aromatic rings. The molecule has 2 atom stereocenters. The maximum absolute atomic E-state index is 5.96. The lowest BCUT2D eigenvalue weighted by Gasteiger charge is -2.16. The zero-order valence-corrected chi connectivity index (χ0v) is 12.9. The zero-order valence-electron chi connectivity index (χ0n) is 11.3. The number of likely N-dealkylation sites (tertiary alicyclic amines) is 1. The van der Waals surface area contributed by atoms with Crippen molar-refractivity contribution >= 4 is 23.7 Å². The topological polar surface area (TPSA) is 42.1 Å². The molecule has 0 aliphatic carbocycles. The molecule has 2 heterocycles. The van der Waals surface area contributed by atoms with E-state index in [0.29, 0.717) is 11.8 Å². The number of rotatable bonds is 4. The third-order valence-electron chi connectivity index (χ3n) is 3.89. The van der Waals surface area contributed by atoms with Crippen LogP contribution in [0.2, 0.25) is 0 Å². The van der Waals surface area contributed by atoms with Crippen LogP contribution in [0.3, 0.4) is 0 Å². The highest BCUT2D eigenvalue weighted by Gasteiger charge is 2.32. The second-order valence-corrected chi connectivity index (χ2v) is 6.11. The largest absolute Gasteiger partial charge is 0.330 e. The molecule has 1 fully saturated rings. The molecule has 0 unspecified atom stereocenters. The van der Waals surface area contributed by atoms with Crippen LogP contribution in [0.5, 0.6) is 0 Å². The van der Waals surface area contributed by atoms with E-state index < -0.39 is 0 Å². The summed E-state index contributed by atoms with van der Waals surface area (Å²) in [5.41, 5.74) is 7.37. The van der Waals surface area contributed by atoms with Gasteiger partial charge in [-0.05, 0) is 18.0 Å². The van der Waals surface area contributed by atoms with E-state index in [-0.39, 0.29) is 12.4 Å². The Hall–Kier alpha value is -0.940. The molecule has 1 saturated heterocycles. The number of nitrogens with two attached hydrogens (primary N) is 1. The molecule has 0 saturated carbocycles. The van der Waals surface area contributed by atoms with Crippen LogP contribution < -0.4 is 5.73 Å². The number of thiazole rings is 1. The van der Waals surface area contributed by atoms with Crippen LogP contribution >= 0.6 is 23.7 Å². The normalized spacial score (nSPS) is 22.6. The Bertz CT molecular complexity index is 503. The minimum absolute atomic E-state index is 0. The van der Waals surface area contributed by atoms with Crippen molar-refractivity contribution in [3.8, 4) is 0 Å². The van der Waals surface area contributed by atoms with E-state index >= 15 is 0 Å². The molecule has 1 aromatic heterocycles. The van der Waals surface area contributed by atoms with E-state index in [0.717, 1.165) is 26.2 Å². The molecule has 20 heavy (non-hydrogen) atoms. The Labute approximate surface area is 130 Å². The molecular weight excluding hydrogens is 290 g/mol. The minimum Gasteiger partial charge on any atom is -0.330 e. The van der Waals surface area contributed by atoms with Gasteiger partial charge in [-0.3, -0.25) is 4.90 Å². The van der Waals surface area contributed by atoms with Gasteiger partial charge in [-0.1, -0.05) is 30.3 Å². The lowest BCUT2D eigenvalue weighted by molar-refractivity contribution is 0.316. The number of nitrogens with zero attached hydrogens (tertiary/aromatic N) is 2. The number of aromatic nitrogens is 1. The van der Waals surface area contributed by atoms with E-state index in [9.17, 15) is 0 Å². The predicted molar refractivity (Wildman–Crippen MR) is 86.4 cm³/mol. The van der Waals surface area contributed by atoms with Crippen molar-refractivity contribution in [3.63, 3.8) is 0 Å². The molecule has 108 valence electrons. The standard InChI is InChI=1S/C15H19N3S.ClH/c16-8-13-9-18(11-15-17-6-7-19-15)10-14(13)12-4-2-1-3-5-12;/h1-7,13-14H,8-11,16H2;1H/t13-,14+;/m1./s1. The molecule has 1 aliphatic heterocycles. The van der Waals surface area contributed by atoms with Gasteiger partial charge in [-0.15, -0.1) is 23.7 Å². The van der Waals surface area contributed by atoms with Crippen LogP contribution in [-0.4, -0.2) is 29.5 Å². The quantitative estimate of drug-likeness (QED) is 0.944. The van der Waals surface area contributed by atoms with Crippen molar-refractivity contribution < 1.29 is 0 Å². The second kappa shape index (κ2) is 7.18. The van der Waals surface area contributed by atoms with Crippen LogP contribution in [0.25, 0.3) is 0 Å². The van der Waals surface area contributed by atoms with Gasteiger partial charge in [0.1, 0.15) is 5.01 Å². The molecule has 0 amide bonds. The predicted octanol–water partition coefficient (Wildman–Crippen LogP) is 2.74. The lowest BCUT2D eigenvalue weighted by Crippen LogP contribution is -2.23. The van der Waals surface area contributed by atoms with E-state index in [1.807, 2.05) is 11.6 Å². The summed E-state index contributed by atoms with van der Waals surface area (Å²) >= 11 is 1.73. The molecule has 3 nitrogen and oxygen atoms in total. The highest BCUT2D eigenvalue weighted by Crippen LogP contribution is 2.32. The minimum atomic E-state index is 0. The van der Waals surface area contributed by atoms with Gasteiger partial charge in [-0.25, -0.2) is 4.98 Å². The SMILES string of the molecule is Cl.NC[C@@H]1CN(Cc2nccs2)C[C@H]1c1ccccc1. The zero-order chi connectivity index (χ0) is 13.1. The van der Waals surface area contributed by atoms with Gasteiger partial charge in [0.25, 0.3) is 0 Å². The van der Waals surface area contributed by atoms with Gasteiger partial charge in [0.05, 0.1) is 6.54 Å². The Morgan fingerprint density at radius 2 is 2.05 bits per heavy atom. The molecule has 0 radical (unpaired) electrons. The summed E-state index contributed by atoms with van der Waals surface area (Å²) in [6.07, 6.45) is 1.88. The fourth-order valence-electron chi connectivity index (χ4n) is 2.93. The first-order valence-corrected chi connectivity index (χ1v) is 7.60. The first kappa shape index (κ1) is 15.4. The molecule has 0 spiro atoms. The lowest BCUT2D eigenvalue weighted by atomic mass is 9.89. The van der Waals surface area contributed by atoms with Gasteiger partial charge >= 0.3 is 0 Å². The summed E-state index contributed by atoms with van der Waals surface area (Å²) in [4.78, 5) is 6.85. The van der Waals surface area contributed by atoms with Crippen molar-refractivity contribution in [2.45, 2.75) is 12.5 Å². The van der Waals surface area contributed by atoms with Gasteiger partial charge in [0.15, 0.2) is 0 Å². The smallest absolute Gasteiger partial charge is 0.107 e. The van der Waals surface area contributed by atoms with Crippen LogP contribution in [0.4, 0.5) is 0 Å². The summed E-state index contributed by atoms with van der Waals surface area (Å²) in [6.45, 7) is 3.88. The van der Waals surface area contributed by atoms with Crippen LogP contribution in [0.1, 0.15) is 16.5 Å². The Morgan fingerprint density at radius 1 is 1.25 bits per heavy atom. The van der Waals surface area contributed by atoms with Gasteiger partial charge in [0.2, 0.25) is 0 Å². The van der Waals surface area contributed by atoms with Crippen LogP contribution in [-0.2, 0) is 6.54 Å². The summed E-state index contributed by atoms with van der Waals surface area (Å²) in [7, 11) is 0. The average Bonchev–Trinajstić information content (AvgIpc) is 3.09. The molecule has 1 aromatic carbocycles. The molecule has 2 N–H and O–H groups in total. The number of benzene rings is 1. The van der Waals surface area contributed by atoms with Crippen molar-refractivity contribution in [1.29, 1.82) is 0 Å². The third-order valence-corrected chi connectivity index (χ3v) is 4.65. The van der Waals surface area contributed by atoms with Crippen molar-refractivity contribution in [3.05, 3.63) is 52.5 Å². The van der Waals surface area contributed by atoms with Crippen molar-refractivity contribution in [2.75, 3.05) is 19.6 Å². The second-order valence-electron chi connectivity index (χ2n) is 5.13. The summed E-state index contributed by atoms with van der Waals surface area (Å²) in [5, 5.41) is 3.24. The third kappa shape index (κ3) is 3.38. The van der Waals surface area contributed by atoms with Crippen molar-refractivity contribution in [2.24, 2.45) is 11.7 Å².